The molecule has 3 rings (SSSR count). The number of halogens is 1. The predicted molar refractivity (Wildman–Crippen MR) is 134 cm³/mol. The zero-order valence-corrected chi connectivity index (χ0v) is 21.2. The van der Waals surface area contributed by atoms with Crippen molar-refractivity contribution < 1.29 is 24.2 Å². The van der Waals surface area contributed by atoms with E-state index in [9.17, 15) is 19.5 Å². The minimum absolute atomic E-state index is 0.0444. The summed E-state index contributed by atoms with van der Waals surface area (Å²) in [7, 11) is 0. The number of nitrogens with one attached hydrogen (secondary N) is 2. The van der Waals surface area contributed by atoms with Gasteiger partial charge in [0.25, 0.3) is 5.91 Å². The predicted octanol–water partition coefficient (Wildman–Crippen LogP) is 4.94. The zero-order valence-electron chi connectivity index (χ0n) is 20.4. The van der Waals surface area contributed by atoms with Crippen LogP contribution in [0.3, 0.4) is 0 Å². The molecular weight excluding hydrogens is 470 g/mol. The van der Waals surface area contributed by atoms with Crippen molar-refractivity contribution in [2.75, 3.05) is 11.9 Å². The lowest BCUT2D eigenvalue weighted by Gasteiger charge is -2.42. The fourth-order valence-corrected chi connectivity index (χ4v) is 4.12. The van der Waals surface area contributed by atoms with Crippen LogP contribution >= 0.6 is 11.6 Å². The second-order valence-electron chi connectivity index (χ2n) is 9.66. The van der Waals surface area contributed by atoms with Crippen molar-refractivity contribution in [2.24, 2.45) is 0 Å². The lowest BCUT2D eigenvalue weighted by Crippen LogP contribution is -2.53. The zero-order chi connectivity index (χ0) is 25.8. The van der Waals surface area contributed by atoms with Crippen molar-refractivity contribution in [2.45, 2.75) is 64.6 Å². The van der Waals surface area contributed by atoms with Crippen molar-refractivity contribution in [1.29, 1.82) is 0 Å². The molecule has 0 aliphatic heterocycles. The molecule has 0 saturated heterocycles. The first-order valence-corrected chi connectivity index (χ1v) is 12.0. The van der Waals surface area contributed by atoms with Gasteiger partial charge in [-0.25, -0.2) is 4.79 Å². The van der Waals surface area contributed by atoms with Gasteiger partial charge in [-0.3, -0.25) is 9.59 Å². The van der Waals surface area contributed by atoms with Gasteiger partial charge in [-0.2, -0.15) is 0 Å². The van der Waals surface area contributed by atoms with E-state index >= 15 is 0 Å². The molecule has 1 aliphatic rings. The third-order valence-corrected chi connectivity index (χ3v) is 6.06. The van der Waals surface area contributed by atoms with Crippen LogP contribution in [-0.4, -0.2) is 46.1 Å². The highest BCUT2D eigenvalue weighted by molar-refractivity contribution is 6.34. The third-order valence-electron chi connectivity index (χ3n) is 5.74. The maximum Gasteiger partial charge on any atom is 0.408 e. The number of amides is 3. The van der Waals surface area contributed by atoms with Gasteiger partial charge in [0, 0.05) is 6.04 Å². The number of carbonyl (C=O) groups excluding carboxylic acids is 3. The van der Waals surface area contributed by atoms with Gasteiger partial charge in [-0.05, 0) is 76.3 Å². The molecule has 1 fully saturated rings. The summed E-state index contributed by atoms with van der Waals surface area (Å²) in [5, 5.41) is 15.5. The molecule has 2 aromatic rings. The van der Waals surface area contributed by atoms with Crippen LogP contribution in [0.25, 0.3) is 0 Å². The van der Waals surface area contributed by atoms with Crippen LogP contribution in [-0.2, 0) is 14.3 Å². The smallest absolute Gasteiger partial charge is 0.408 e. The number of phenolic OH excluding ortho intramolecular Hbond substituents is 1. The highest BCUT2D eigenvalue weighted by atomic mass is 35.5. The molecule has 1 unspecified atom stereocenters. The van der Waals surface area contributed by atoms with Crippen LogP contribution in [0.4, 0.5) is 10.5 Å². The van der Waals surface area contributed by atoms with Crippen LogP contribution in [0.5, 0.6) is 5.75 Å². The number of alkyl carbamates (subject to hydrolysis) is 1. The molecule has 3 N–H and O–H groups in total. The topological polar surface area (TPSA) is 108 Å². The van der Waals surface area contributed by atoms with Gasteiger partial charge < -0.3 is 25.4 Å². The Hall–Kier alpha value is -3.26. The summed E-state index contributed by atoms with van der Waals surface area (Å²) >= 11 is 6.34. The summed E-state index contributed by atoms with van der Waals surface area (Å²) in [5.74, 6) is -0.808. The normalized spacial score (nSPS) is 14.4. The molecule has 188 valence electrons. The fourth-order valence-electron chi connectivity index (χ4n) is 3.85. The van der Waals surface area contributed by atoms with Crippen LogP contribution in [0, 0.1) is 6.92 Å². The highest BCUT2D eigenvalue weighted by Crippen LogP contribution is 2.35. The van der Waals surface area contributed by atoms with Gasteiger partial charge in [-0.1, -0.05) is 35.9 Å². The van der Waals surface area contributed by atoms with Gasteiger partial charge >= 0.3 is 6.09 Å². The summed E-state index contributed by atoms with van der Waals surface area (Å²) in [6.45, 7) is 6.71. The van der Waals surface area contributed by atoms with E-state index in [1.807, 2.05) is 13.0 Å². The van der Waals surface area contributed by atoms with E-state index in [1.54, 1.807) is 45.0 Å². The molecule has 2 aromatic carbocycles. The molecule has 1 aliphatic carbocycles. The second kappa shape index (κ2) is 11.0. The summed E-state index contributed by atoms with van der Waals surface area (Å²) in [6, 6.07) is 10.3. The number of phenols is 1. The quantitative estimate of drug-likeness (QED) is 0.498. The van der Waals surface area contributed by atoms with E-state index < -0.39 is 29.6 Å². The molecule has 0 aromatic heterocycles. The second-order valence-corrected chi connectivity index (χ2v) is 10.1. The Kier molecular flexibility index (Phi) is 8.27. The van der Waals surface area contributed by atoms with Crippen molar-refractivity contribution in [3.8, 4) is 5.75 Å². The summed E-state index contributed by atoms with van der Waals surface area (Å²) in [5.41, 5.74) is 1.07. The van der Waals surface area contributed by atoms with Gasteiger partial charge in [0.1, 0.15) is 23.9 Å². The number of carbonyl (C=O) groups is 3. The average molecular weight is 502 g/mol. The standard InChI is InChI=1S/C26H32ClN3O5/c1-16-7-5-10-20(27)22(16)29-24(33)23(17-11-13-19(31)14-12-17)30(18-8-6-9-18)21(32)15-28-25(34)35-26(2,3)4/h5,7,10-14,18,23,31H,6,8-9,15H2,1-4H3,(H,28,34)(H,29,33). The summed E-state index contributed by atoms with van der Waals surface area (Å²) < 4.78 is 5.24. The number of para-hydroxylation sites is 1. The SMILES string of the molecule is Cc1cccc(Cl)c1NC(=O)C(c1ccc(O)cc1)N(C(=O)CNC(=O)OC(C)(C)C)C1CCC1. The van der Waals surface area contributed by atoms with E-state index in [0.29, 0.717) is 16.3 Å². The van der Waals surface area contributed by atoms with E-state index in [0.717, 1.165) is 24.8 Å². The van der Waals surface area contributed by atoms with Gasteiger partial charge in [0.05, 0.1) is 10.7 Å². The first-order valence-electron chi connectivity index (χ1n) is 11.6. The third kappa shape index (κ3) is 6.88. The minimum atomic E-state index is -0.996. The van der Waals surface area contributed by atoms with Gasteiger partial charge in [-0.15, -0.1) is 0 Å². The number of aromatic hydroxyl groups is 1. The van der Waals surface area contributed by atoms with Crippen molar-refractivity contribution in [3.63, 3.8) is 0 Å². The number of rotatable bonds is 7. The molecule has 3 amide bonds. The number of aryl methyl sites for hydroxylation is 1. The van der Waals surface area contributed by atoms with Crippen LogP contribution < -0.4 is 10.6 Å². The van der Waals surface area contributed by atoms with E-state index in [-0.39, 0.29) is 18.3 Å². The first-order chi connectivity index (χ1) is 16.5. The largest absolute Gasteiger partial charge is 0.508 e. The molecule has 1 saturated carbocycles. The number of hydrogen-bond acceptors (Lipinski definition) is 5. The monoisotopic (exact) mass is 501 g/mol. The Morgan fingerprint density at radius 3 is 2.34 bits per heavy atom. The van der Waals surface area contributed by atoms with E-state index in [4.69, 9.17) is 16.3 Å². The number of anilines is 1. The molecule has 8 nitrogen and oxygen atoms in total. The maximum atomic E-state index is 13.7. The average Bonchev–Trinajstić information content (AvgIpc) is 2.73. The molecule has 0 spiro atoms. The van der Waals surface area contributed by atoms with Crippen molar-refractivity contribution >= 4 is 35.2 Å². The molecule has 35 heavy (non-hydrogen) atoms. The Morgan fingerprint density at radius 2 is 1.80 bits per heavy atom. The van der Waals surface area contributed by atoms with Crippen LogP contribution in [0.2, 0.25) is 5.02 Å². The minimum Gasteiger partial charge on any atom is -0.508 e. The van der Waals surface area contributed by atoms with Crippen LogP contribution in [0.15, 0.2) is 42.5 Å². The fraction of sp³-hybridized carbons (Fsp3) is 0.423. The molecule has 1 atom stereocenters. The number of benzene rings is 2. The molecule has 0 heterocycles. The lowest BCUT2D eigenvalue weighted by atomic mass is 9.88. The Bertz CT molecular complexity index is 1060. The van der Waals surface area contributed by atoms with Crippen LogP contribution in [0.1, 0.15) is 57.2 Å². The van der Waals surface area contributed by atoms with E-state index in [1.165, 1.54) is 17.0 Å². The molecular formula is C26H32ClN3O5. The highest BCUT2D eigenvalue weighted by Gasteiger charge is 2.39. The molecule has 0 radical (unpaired) electrons. The van der Waals surface area contributed by atoms with Gasteiger partial charge in [0.2, 0.25) is 5.91 Å². The van der Waals surface area contributed by atoms with Crippen molar-refractivity contribution in [1.82, 2.24) is 10.2 Å². The number of ether oxygens (including phenoxy) is 1. The Labute approximate surface area is 210 Å². The molecule has 9 heteroatoms. The summed E-state index contributed by atoms with van der Waals surface area (Å²) in [6.07, 6.45) is 1.70. The Balaban J connectivity index is 1.91. The number of hydrogen-bond donors (Lipinski definition) is 3. The number of nitrogens with zero attached hydrogens (tertiary/aromatic N) is 1. The lowest BCUT2D eigenvalue weighted by molar-refractivity contribution is -0.143. The van der Waals surface area contributed by atoms with E-state index in [2.05, 4.69) is 10.6 Å². The molecule has 0 bridgehead atoms. The summed E-state index contributed by atoms with van der Waals surface area (Å²) in [4.78, 5) is 40.8. The first kappa shape index (κ1) is 26.3. The maximum absolute atomic E-state index is 13.7. The van der Waals surface area contributed by atoms with Crippen molar-refractivity contribution in [3.05, 3.63) is 58.6 Å². The van der Waals surface area contributed by atoms with Gasteiger partial charge in [0.15, 0.2) is 0 Å². The Morgan fingerprint density at radius 1 is 1.14 bits per heavy atom.